The molecule has 3 aromatic rings. The Morgan fingerprint density at radius 1 is 1.11 bits per heavy atom. The molecule has 2 heterocycles. The third kappa shape index (κ3) is 3.33. The van der Waals surface area contributed by atoms with Gasteiger partial charge in [-0.3, -0.25) is 0 Å². The molecule has 1 atom stereocenters. The lowest BCUT2D eigenvalue weighted by Gasteiger charge is -2.30. The summed E-state index contributed by atoms with van der Waals surface area (Å²) in [5.74, 6) is 3.00. The predicted molar refractivity (Wildman–Crippen MR) is 104 cm³/mol. The first kappa shape index (κ1) is 18.1. The zero-order valence-electron chi connectivity index (χ0n) is 16.2. The van der Waals surface area contributed by atoms with Crippen LogP contribution in [0.25, 0.3) is 5.69 Å². The molecule has 8 heteroatoms. The Hall–Kier alpha value is -3.29. The minimum absolute atomic E-state index is 0.493. The fourth-order valence-corrected chi connectivity index (χ4v) is 3.17. The standard InChI is InChI=1S/C20H23N5O3/c1-4-20(2,21-14-5-10-17-18(13-14)28-12-11-27-17)19-22-23-24-25(19)15-6-8-16(26-3)9-7-15/h5-10,13,21H,4,11-12H2,1-3H3/t20-/m1/s1. The zero-order valence-corrected chi connectivity index (χ0v) is 16.2. The second-order valence-electron chi connectivity index (χ2n) is 6.78. The van der Waals surface area contributed by atoms with E-state index in [0.29, 0.717) is 13.2 Å². The van der Waals surface area contributed by atoms with Crippen LogP contribution < -0.4 is 19.5 Å². The summed E-state index contributed by atoms with van der Waals surface area (Å²) in [6.45, 7) is 5.30. The molecule has 0 radical (unpaired) electrons. The van der Waals surface area contributed by atoms with Crippen LogP contribution in [0.1, 0.15) is 26.1 Å². The maximum Gasteiger partial charge on any atom is 0.181 e. The summed E-state index contributed by atoms with van der Waals surface area (Å²) < 4.78 is 18.3. The van der Waals surface area contributed by atoms with E-state index in [2.05, 4.69) is 34.7 Å². The number of nitrogens with one attached hydrogen (secondary N) is 1. The topological polar surface area (TPSA) is 83.3 Å². The second kappa shape index (κ2) is 7.38. The third-order valence-electron chi connectivity index (χ3n) is 4.95. The van der Waals surface area contributed by atoms with Gasteiger partial charge < -0.3 is 19.5 Å². The lowest BCUT2D eigenvalue weighted by molar-refractivity contribution is 0.171. The molecule has 0 unspecified atom stereocenters. The molecule has 0 saturated heterocycles. The van der Waals surface area contributed by atoms with E-state index in [4.69, 9.17) is 14.2 Å². The summed E-state index contributed by atoms with van der Waals surface area (Å²) >= 11 is 0. The minimum atomic E-state index is -0.493. The van der Waals surface area contributed by atoms with Gasteiger partial charge in [0, 0.05) is 11.8 Å². The number of aromatic nitrogens is 4. The van der Waals surface area contributed by atoms with Crippen LogP contribution in [-0.2, 0) is 5.54 Å². The van der Waals surface area contributed by atoms with Crippen LogP contribution in [0.3, 0.4) is 0 Å². The highest BCUT2D eigenvalue weighted by Crippen LogP contribution is 2.36. The molecule has 8 nitrogen and oxygen atoms in total. The first-order valence-electron chi connectivity index (χ1n) is 9.24. The number of anilines is 1. The number of rotatable bonds is 6. The normalized spacial score (nSPS) is 15.0. The van der Waals surface area contributed by atoms with Crippen molar-refractivity contribution in [1.82, 2.24) is 20.2 Å². The van der Waals surface area contributed by atoms with Gasteiger partial charge in [-0.15, -0.1) is 5.10 Å². The third-order valence-corrected chi connectivity index (χ3v) is 4.95. The monoisotopic (exact) mass is 381 g/mol. The number of nitrogens with zero attached hydrogens (tertiary/aromatic N) is 4. The van der Waals surface area contributed by atoms with Crippen LogP contribution in [0.15, 0.2) is 42.5 Å². The van der Waals surface area contributed by atoms with Crippen LogP contribution in [0, 0.1) is 0 Å². The van der Waals surface area contributed by atoms with E-state index >= 15 is 0 Å². The van der Waals surface area contributed by atoms with Crippen LogP contribution in [0.4, 0.5) is 5.69 Å². The zero-order chi connectivity index (χ0) is 19.6. The van der Waals surface area contributed by atoms with Gasteiger partial charge in [0.05, 0.1) is 18.3 Å². The summed E-state index contributed by atoms with van der Waals surface area (Å²) in [5.41, 5.74) is 1.29. The number of fused-ring (bicyclic) bond motifs is 1. The first-order chi connectivity index (χ1) is 13.6. The Balaban J connectivity index is 1.65. The lowest BCUT2D eigenvalue weighted by Crippen LogP contribution is -2.34. The Labute approximate surface area is 163 Å². The summed E-state index contributed by atoms with van der Waals surface area (Å²) in [6, 6.07) is 13.5. The maximum absolute atomic E-state index is 5.70. The van der Waals surface area contributed by atoms with Crippen molar-refractivity contribution in [1.29, 1.82) is 0 Å². The molecular formula is C20H23N5O3. The van der Waals surface area contributed by atoms with E-state index in [1.54, 1.807) is 11.8 Å². The fourth-order valence-electron chi connectivity index (χ4n) is 3.17. The van der Waals surface area contributed by atoms with Gasteiger partial charge >= 0.3 is 0 Å². The van der Waals surface area contributed by atoms with Crippen molar-refractivity contribution in [3.63, 3.8) is 0 Å². The molecule has 0 fully saturated rings. The van der Waals surface area contributed by atoms with Crippen LogP contribution in [-0.4, -0.2) is 40.5 Å². The molecule has 146 valence electrons. The number of benzene rings is 2. The van der Waals surface area contributed by atoms with E-state index in [1.165, 1.54) is 0 Å². The average Bonchev–Trinajstić information content (AvgIpc) is 3.24. The highest BCUT2D eigenvalue weighted by Gasteiger charge is 2.32. The first-order valence-corrected chi connectivity index (χ1v) is 9.24. The van der Waals surface area contributed by atoms with E-state index in [-0.39, 0.29) is 0 Å². The number of hydrogen-bond donors (Lipinski definition) is 1. The molecule has 4 rings (SSSR count). The van der Waals surface area contributed by atoms with Crippen LogP contribution in [0.5, 0.6) is 17.2 Å². The van der Waals surface area contributed by atoms with Crippen molar-refractivity contribution in [3.05, 3.63) is 48.3 Å². The van der Waals surface area contributed by atoms with Crippen molar-refractivity contribution in [2.75, 3.05) is 25.6 Å². The molecule has 0 amide bonds. The number of ether oxygens (including phenoxy) is 3. The van der Waals surface area contributed by atoms with Crippen molar-refractivity contribution in [3.8, 4) is 22.9 Å². The van der Waals surface area contributed by atoms with Crippen LogP contribution >= 0.6 is 0 Å². The van der Waals surface area contributed by atoms with Gasteiger partial charge in [-0.25, -0.2) is 0 Å². The quantitative estimate of drug-likeness (QED) is 0.702. The average molecular weight is 381 g/mol. The highest BCUT2D eigenvalue weighted by molar-refractivity contribution is 5.56. The van der Waals surface area contributed by atoms with Gasteiger partial charge in [-0.1, -0.05) is 6.92 Å². The molecule has 1 N–H and O–H groups in total. The molecule has 0 bridgehead atoms. The van der Waals surface area contributed by atoms with Crippen LogP contribution in [0.2, 0.25) is 0 Å². The summed E-state index contributed by atoms with van der Waals surface area (Å²) in [6.07, 6.45) is 0.776. The SMILES string of the molecule is CC[C@@](C)(Nc1ccc2c(c1)OCCO2)c1nnnn1-c1ccc(OC)cc1. The molecule has 1 aliphatic rings. The maximum atomic E-state index is 5.70. The van der Waals surface area contributed by atoms with Crippen molar-refractivity contribution in [2.24, 2.45) is 0 Å². The molecule has 1 aliphatic heterocycles. The summed E-state index contributed by atoms with van der Waals surface area (Å²) in [4.78, 5) is 0. The highest BCUT2D eigenvalue weighted by atomic mass is 16.6. The summed E-state index contributed by atoms with van der Waals surface area (Å²) in [5, 5.41) is 16.0. The predicted octanol–water partition coefficient (Wildman–Crippen LogP) is 3.18. The van der Waals surface area contributed by atoms with Gasteiger partial charge in [0.15, 0.2) is 17.3 Å². The molecule has 0 saturated carbocycles. The second-order valence-corrected chi connectivity index (χ2v) is 6.78. The largest absolute Gasteiger partial charge is 0.497 e. The van der Waals surface area contributed by atoms with Crippen molar-refractivity contribution >= 4 is 5.69 Å². The van der Waals surface area contributed by atoms with E-state index in [9.17, 15) is 0 Å². The fraction of sp³-hybridized carbons (Fsp3) is 0.350. The molecular weight excluding hydrogens is 358 g/mol. The van der Waals surface area contributed by atoms with Crippen molar-refractivity contribution < 1.29 is 14.2 Å². The van der Waals surface area contributed by atoms with Gasteiger partial charge in [-0.2, -0.15) is 4.68 Å². The molecule has 0 spiro atoms. The van der Waals surface area contributed by atoms with Gasteiger partial charge in [0.25, 0.3) is 0 Å². The number of methoxy groups -OCH3 is 1. The van der Waals surface area contributed by atoms with E-state index in [1.807, 2.05) is 42.5 Å². The molecule has 1 aromatic heterocycles. The van der Waals surface area contributed by atoms with E-state index in [0.717, 1.165) is 40.9 Å². The summed E-state index contributed by atoms with van der Waals surface area (Å²) in [7, 11) is 1.64. The Morgan fingerprint density at radius 3 is 2.57 bits per heavy atom. The van der Waals surface area contributed by atoms with Crippen molar-refractivity contribution in [2.45, 2.75) is 25.8 Å². The number of tetrazole rings is 1. The molecule has 28 heavy (non-hydrogen) atoms. The lowest BCUT2D eigenvalue weighted by atomic mass is 9.97. The van der Waals surface area contributed by atoms with E-state index < -0.39 is 5.54 Å². The Bertz CT molecular complexity index is 957. The molecule has 0 aliphatic carbocycles. The Kier molecular flexibility index (Phi) is 4.77. The Morgan fingerprint density at radius 2 is 1.86 bits per heavy atom. The van der Waals surface area contributed by atoms with Gasteiger partial charge in [0.2, 0.25) is 0 Å². The molecule has 2 aromatic carbocycles. The van der Waals surface area contributed by atoms with Gasteiger partial charge in [0.1, 0.15) is 19.0 Å². The number of hydrogen-bond acceptors (Lipinski definition) is 7. The van der Waals surface area contributed by atoms with Gasteiger partial charge in [-0.05, 0) is 60.2 Å². The smallest absolute Gasteiger partial charge is 0.181 e. The minimum Gasteiger partial charge on any atom is -0.497 e.